The van der Waals surface area contributed by atoms with E-state index < -0.39 is 0 Å². The van der Waals surface area contributed by atoms with Crippen LogP contribution in [0.3, 0.4) is 0 Å². The standard InChI is InChI=1S/C33H33N5O2/c1-37-18-20-38(21-19-37)27-14-12-26(13-15-27)35-32(24-6-3-2-4-7-24)31-28-16-10-23(22-29(28)36-33(31)40)11-17-30(39)34-25-8-5-9-25/h2-4,6-7,10,12-16,22,25,35H,5,8-9,18-21H2,1H3,(H,34,39)(H,36,40)/b32-31+. The molecule has 3 N–H and O–H groups in total. The van der Waals surface area contributed by atoms with Gasteiger partial charge in [-0.25, -0.2) is 0 Å². The van der Waals surface area contributed by atoms with E-state index in [9.17, 15) is 9.59 Å². The summed E-state index contributed by atoms with van der Waals surface area (Å²) in [6.07, 6.45) is 3.19. The molecule has 0 atom stereocenters. The Morgan fingerprint density at radius 2 is 1.70 bits per heavy atom. The fourth-order valence-corrected chi connectivity index (χ4v) is 5.25. The smallest absolute Gasteiger partial charge is 0.296 e. The Hall–Kier alpha value is -4.54. The summed E-state index contributed by atoms with van der Waals surface area (Å²) in [4.78, 5) is 30.2. The topological polar surface area (TPSA) is 76.7 Å². The van der Waals surface area contributed by atoms with Crippen LogP contribution in [0.2, 0.25) is 0 Å². The predicted molar refractivity (Wildman–Crippen MR) is 161 cm³/mol. The van der Waals surface area contributed by atoms with E-state index in [-0.39, 0.29) is 17.9 Å². The number of carbonyl (C=O) groups is 2. The number of piperazine rings is 1. The largest absolute Gasteiger partial charge is 0.369 e. The first-order chi connectivity index (χ1) is 19.5. The number of anilines is 3. The molecule has 0 radical (unpaired) electrons. The fraction of sp³-hybridized carbons (Fsp3) is 0.273. The molecule has 40 heavy (non-hydrogen) atoms. The second-order valence-electron chi connectivity index (χ2n) is 10.6. The van der Waals surface area contributed by atoms with Crippen molar-refractivity contribution < 1.29 is 9.59 Å². The number of hydrogen-bond donors (Lipinski definition) is 3. The van der Waals surface area contributed by atoms with Gasteiger partial charge in [0.25, 0.3) is 11.8 Å². The Bertz CT molecular complexity index is 1510. The number of nitrogens with one attached hydrogen (secondary N) is 3. The van der Waals surface area contributed by atoms with Crippen molar-refractivity contribution >= 4 is 40.1 Å². The van der Waals surface area contributed by atoms with E-state index in [0.29, 0.717) is 16.8 Å². The van der Waals surface area contributed by atoms with Gasteiger partial charge < -0.3 is 25.8 Å². The number of carbonyl (C=O) groups excluding carboxylic acids is 2. The molecule has 2 heterocycles. The van der Waals surface area contributed by atoms with Crippen LogP contribution in [0.5, 0.6) is 0 Å². The highest BCUT2D eigenvalue weighted by atomic mass is 16.2. The molecule has 0 aromatic heterocycles. The Kier molecular flexibility index (Phi) is 7.26. The van der Waals surface area contributed by atoms with Crippen molar-refractivity contribution in [2.45, 2.75) is 25.3 Å². The van der Waals surface area contributed by atoms with Crippen LogP contribution in [0.1, 0.15) is 36.0 Å². The summed E-state index contributed by atoms with van der Waals surface area (Å²) in [5.74, 6) is 5.18. The van der Waals surface area contributed by atoms with Crippen LogP contribution in [0.15, 0.2) is 72.8 Å². The zero-order chi connectivity index (χ0) is 27.5. The summed E-state index contributed by atoms with van der Waals surface area (Å²) < 4.78 is 0. The van der Waals surface area contributed by atoms with Gasteiger partial charge in [-0.15, -0.1) is 0 Å². The first-order valence-corrected chi connectivity index (χ1v) is 13.9. The van der Waals surface area contributed by atoms with E-state index in [1.807, 2.05) is 48.5 Å². The molecule has 7 heteroatoms. The Labute approximate surface area is 235 Å². The maximum Gasteiger partial charge on any atom is 0.296 e. The fourth-order valence-electron chi connectivity index (χ4n) is 5.25. The lowest BCUT2D eigenvalue weighted by Crippen LogP contribution is -2.44. The van der Waals surface area contributed by atoms with Crippen LogP contribution >= 0.6 is 0 Å². The molecular formula is C33H33N5O2. The van der Waals surface area contributed by atoms with Crippen molar-refractivity contribution in [3.05, 3.63) is 89.5 Å². The van der Waals surface area contributed by atoms with Gasteiger partial charge in [0, 0.05) is 60.6 Å². The van der Waals surface area contributed by atoms with Gasteiger partial charge >= 0.3 is 0 Å². The van der Waals surface area contributed by atoms with Crippen LogP contribution in [0, 0.1) is 11.8 Å². The van der Waals surface area contributed by atoms with E-state index in [0.717, 1.165) is 68.0 Å². The Balaban J connectivity index is 1.28. The molecule has 6 rings (SSSR count). The molecular weight excluding hydrogens is 498 g/mol. The lowest BCUT2D eigenvalue weighted by molar-refractivity contribution is -0.116. The molecule has 1 saturated carbocycles. The van der Waals surface area contributed by atoms with Crippen LogP contribution in [0.4, 0.5) is 17.1 Å². The summed E-state index contributed by atoms with van der Waals surface area (Å²) in [6, 6.07) is 24.1. The summed E-state index contributed by atoms with van der Waals surface area (Å²) in [5.41, 5.74) is 6.51. The maximum absolute atomic E-state index is 13.3. The molecule has 0 unspecified atom stereocenters. The summed E-state index contributed by atoms with van der Waals surface area (Å²) in [5, 5.41) is 9.47. The van der Waals surface area contributed by atoms with Gasteiger partial charge in [0.1, 0.15) is 0 Å². The van der Waals surface area contributed by atoms with Crippen LogP contribution in [-0.4, -0.2) is 56.0 Å². The minimum atomic E-state index is -0.260. The highest BCUT2D eigenvalue weighted by molar-refractivity contribution is 6.37. The summed E-state index contributed by atoms with van der Waals surface area (Å²) >= 11 is 0. The molecule has 0 bridgehead atoms. The SMILES string of the molecule is CN1CCN(c2ccc(N/C(=C3/C(=O)Nc4cc(C#CC(=O)NC5CCC5)ccc43)c3ccccc3)cc2)CC1. The number of amides is 2. The molecule has 3 aromatic rings. The number of rotatable bonds is 5. The minimum Gasteiger partial charge on any atom is -0.369 e. The van der Waals surface area contributed by atoms with Crippen molar-refractivity contribution in [2.24, 2.45) is 0 Å². The van der Waals surface area contributed by atoms with Gasteiger partial charge in [0.05, 0.1) is 17.0 Å². The van der Waals surface area contributed by atoms with Crippen molar-refractivity contribution in [2.75, 3.05) is 48.8 Å². The average Bonchev–Trinajstić information content (AvgIpc) is 3.28. The molecule has 0 spiro atoms. The normalized spacial score (nSPS) is 18.1. The lowest BCUT2D eigenvalue weighted by Gasteiger charge is -2.34. The highest BCUT2D eigenvalue weighted by Gasteiger charge is 2.29. The van der Waals surface area contributed by atoms with Gasteiger partial charge in [0.15, 0.2) is 0 Å². The number of fused-ring (bicyclic) bond motifs is 1. The summed E-state index contributed by atoms with van der Waals surface area (Å²) in [7, 11) is 2.16. The van der Waals surface area contributed by atoms with Gasteiger partial charge in [0.2, 0.25) is 0 Å². The number of nitrogens with zero attached hydrogens (tertiary/aromatic N) is 2. The molecule has 1 saturated heterocycles. The van der Waals surface area contributed by atoms with Crippen molar-refractivity contribution in [3.63, 3.8) is 0 Å². The van der Waals surface area contributed by atoms with E-state index in [1.54, 1.807) is 0 Å². The Morgan fingerprint density at radius 1 is 0.950 bits per heavy atom. The van der Waals surface area contributed by atoms with Gasteiger partial charge in [-0.1, -0.05) is 42.3 Å². The summed E-state index contributed by atoms with van der Waals surface area (Å²) in [6.45, 7) is 4.13. The highest BCUT2D eigenvalue weighted by Crippen LogP contribution is 2.38. The lowest BCUT2D eigenvalue weighted by atomic mass is 9.93. The second kappa shape index (κ2) is 11.3. The molecule has 202 valence electrons. The van der Waals surface area contributed by atoms with E-state index in [1.165, 1.54) is 5.69 Å². The monoisotopic (exact) mass is 531 g/mol. The van der Waals surface area contributed by atoms with Gasteiger partial charge in [-0.2, -0.15) is 0 Å². The molecule has 3 aliphatic rings. The third-order valence-corrected chi connectivity index (χ3v) is 7.84. The quantitative estimate of drug-likeness (QED) is 0.336. The van der Waals surface area contributed by atoms with Crippen molar-refractivity contribution in [1.29, 1.82) is 0 Å². The van der Waals surface area contributed by atoms with Crippen LogP contribution in [-0.2, 0) is 9.59 Å². The average molecular weight is 532 g/mol. The molecule has 2 amide bonds. The van der Waals surface area contributed by atoms with E-state index in [4.69, 9.17) is 0 Å². The molecule has 2 aliphatic heterocycles. The molecule has 2 fully saturated rings. The molecule has 3 aromatic carbocycles. The van der Waals surface area contributed by atoms with Gasteiger partial charge in [-0.05, 0) is 68.3 Å². The number of hydrogen-bond acceptors (Lipinski definition) is 5. The van der Waals surface area contributed by atoms with Crippen molar-refractivity contribution in [1.82, 2.24) is 10.2 Å². The van der Waals surface area contributed by atoms with Crippen molar-refractivity contribution in [3.8, 4) is 11.8 Å². The van der Waals surface area contributed by atoms with E-state index >= 15 is 0 Å². The Morgan fingerprint density at radius 3 is 2.40 bits per heavy atom. The third-order valence-electron chi connectivity index (χ3n) is 7.84. The number of benzene rings is 3. The van der Waals surface area contributed by atoms with Crippen LogP contribution in [0.25, 0.3) is 11.3 Å². The van der Waals surface area contributed by atoms with E-state index in [2.05, 4.69) is 68.9 Å². The zero-order valence-corrected chi connectivity index (χ0v) is 22.7. The minimum absolute atomic E-state index is 0.178. The van der Waals surface area contributed by atoms with Crippen LogP contribution < -0.4 is 20.9 Å². The zero-order valence-electron chi connectivity index (χ0n) is 22.7. The molecule has 7 nitrogen and oxygen atoms in total. The first-order valence-electron chi connectivity index (χ1n) is 13.9. The second-order valence-corrected chi connectivity index (χ2v) is 10.6. The third kappa shape index (κ3) is 5.58. The maximum atomic E-state index is 13.3. The first kappa shape index (κ1) is 25.7. The predicted octanol–water partition coefficient (Wildman–Crippen LogP) is 4.39. The van der Waals surface area contributed by atoms with Gasteiger partial charge in [-0.3, -0.25) is 9.59 Å². The molecule has 1 aliphatic carbocycles. The number of likely N-dealkylation sites (N-methyl/N-ethyl adjacent to an activating group) is 1.